The van der Waals surface area contributed by atoms with Gasteiger partial charge in [-0.25, -0.2) is 0 Å². The predicted molar refractivity (Wildman–Crippen MR) is 47.3 cm³/mol. The Hall–Kier alpha value is -0.790. The molecule has 0 amide bonds. The number of ketones is 1. The largest absolute Gasteiger partial charge is 0.392 e. The van der Waals surface area contributed by atoms with Crippen molar-refractivity contribution < 1.29 is 4.79 Å². The standard InChI is InChI=1S/C9H17NO/c1-7(2)5-9(11)6-8(3)10-4/h6-7,10H,5H2,1-4H3/b8-6-. The first kappa shape index (κ1) is 10.2. The van der Waals surface area contributed by atoms with Crippen LogP contribution < -0.4 is 5.32 Å². The molecule has 0 rings (SSSR count). The average molecular weight is 155 g/mol. The molecular formula is C9H17NO. The predicted octanol–water partition coefficient (Wildman–Crippen LogP) is 1.72. The van der Waals surface area contributed by atoms with Gasteiger partial charge in [0.25, 0.3) is 0 Å². The SMILES string of the molecule is CN/C(C)=C\C(=O)CC(C)C. The highest BCUT2D eigenvalue weighted by atomic mass is 16.1. The van der Waals surface area contributed by atoms with Crippen molar-refractivity contribution in [3.05, 3.63) is 11.8 Å². The van der Waals surface area contributed by atoms with Gasteiger partial charge in [0.2, 0.25) is 0 Å². The van der Waals surface area contributed by atoms with Crippen LogP contribution in [0.2, 0.25) is 0 Å². The van der Waals surface area contributed by atoms with E-state index >= 15 is 0 Å². The van der Waals surface area contributed by atoms with Gasteiger partial charge in [-0.15, -0.1) is 0 Å². The van der Waals surface area contributed by atoms with Gasteiger partial charge < -0.3 is 5.32 Å². The molecular weight excluding hydrogens is 138 g/mol. The Kier molecular flexibility index (Phi) is 4.59. The van der Waals surface area contributed by atoms with Crippen molar-refractivity contribution in [2.75, 3.05) is 7.05 Å². The summed E-state index contributed by atoms with van der Waals surface area (Å²) in [4.78, 5) is 11.1. The lowest BCUT2D eigenvalue weighted by molar-refractivity contribution is -0.115. The van der Waals surface area contributed by atoms with Gasteiger partial charge in [-0.05, 0) is 18.9 Å². The highest BCUT2D eigenvalue weighted by Crippen LogP contribution is 2.01. The number of nitrogens with one attached hydrogen (secondary N) is 1. The Morgan fingerprint density at radius 1 is 1.55 bits per heavy atom. The molecule has 2 nitrogen and oxygen atoms in total. The summed E-state index contributed by atoms with van der Waals surface area (Å²) in [7, 11) is 1.81. The first-order valence-electron chi connectivity index (χ1n) is 3.95. The van der Waals surface area contributed by atoms with E-state index in [0.29, 0.717) is 12.3 Å². The van der Waals surface area contributed by atoms with Gasteiger partial charge in [0.05, 0.1) is 0 Å². The van der Waals surface area contributed by atoms with Crippen LogP contribution in [-0.4, -0.2) is 12.8 Å². The average Bonchev–Trinajstić information content (AvgIpc) is 1.85. The zero-order chi connectivity index (χ0) is 8.85. The van der Waals surface area contributed by atoms with Gasteiger partial charge >= 0.3 is 0 Å². The fraction of sp³-hybridized carbons (Fsp3) is 0.667. The van der Waals surface area contributed by atoms with Crippen molar-refractivity contribution in [3.63, 3.8) is 0 Å². The van der Waals surface area contributed by atoms with Gasteiger partial charge in [-0.3, -0.25) is 4.79 Å². The Balaban J connectivity index is 3.86. The molecule has 0 saturated heterocycles. The number of carbonyl (C=O) groups is 1. The van der Waals surface area contributed by atoms with Crippen LogP contribution in [0, 0.1) is 5.92 Å². The minimum absolute atomic E-state index is 0.201. The van der Waals surface area contributed by atoms with Gasteiger partial charge in [0, 0.05) is 19.2 Å². The Labute approximate surface area is 68.7 Å². The summed E-state index contributed by atoms with van der Waals surface area (Å²) in [5, 5.41) is 2.91. The fourth-order valence-electron chi connectivity index (χ4n) is 0.775. The first-order chi connectivity index (χ1) is 5.06. The summed E-state index contributed by atoms with van der Waals surface area (Å²) >= 11 is 0. The lowest BCUT2D eigenvalue weighted by Crippen LogP contribution is -2.06. The van der Waals surface area contributed by atoms with Crippen molar-refractivity contribution in [3.8, 4) is 0 Å². The molecule has 0 aliphatic heterocycles. The van der Waals surface area contributed by atoms with Crippen LogP contribution in [0.25, 0.3) is 0 Å². The quantitative estimate of drug-likeness (QED) is 0.626. The summed E-state index contributed by atoms with van der Waals surface area (Å²) in [6.07, 6.45) is 2.29. The molecule has 0 aromatic carbocycles. The molecule has 2 heteroatoms. The second-order valence-electron chi connectivity index (χ2n) is 3.14. The molecule has 0 heterocycles. The Morgan fingerprint density at radius 3 is 2.45 bits per heavy atom. The highest BCUT2D eigenvalue weighted by Gasteiger charge is 2.01. The third-order valence-corrected chi connectivity index (χ3v) is 1.38. The fourth-order valence-corrected chi connectivity index (χ4v) is 0.775. The monoisotopic (exact) mass is 155 g/mol. The van der Waals surface area contributed by atoms with Crippen LogP contribution >= 0.6 is 0 Å². The summed E-state index contributed by atoms with van der Waals surface area (Å²) < 4.78 is 0. The van der Waals surface area contributed by atoms with E-state index in [1.165, 1.54) is 0 Å². The summed E-state index contributed by atoms with van der Waals surface area (Å²) in [5.74, 6) is 0.648. The molecule has 64 valence electrons. The van der Waals surface area contributed by atoms with Crippen LogP contribution in [0.5, 0.6) is 0 Å². The van der Waals surface area contributed by atoms with Crippen molar-refractivity contribution in [1.82, 2.24) is 5.32 Å². The highest BCUT2D eigenvalue weighted by molar-refractivity contribution is 5.90. The maximum absolute atomic E-state index is 11.1. The van der Waals surface area contributed by atoms with Crippen molar-refractivity contribution in [2.24, 2.45) is 5.92 Å². The van der Waals surface area contributed by atoms with Crippen molar-refractivity contribution in [2.45, 2.75) is 27.2 Å². The molecule has 0 aliphatic rings. The second-order valence-corrected chi connectivity index (χ2v) is 3.14. The van der Waals surface area contributed by atoms with Gasteiger partial charge in [0.1, 0.15) is 0 Å². The third kappa shape index (κ3) is 5.64. The molecule has 0 atom stereocenters. The number of allylic oxidation sites excluding steroid dienone is 2. The number of hydrogen-bond acceptors (Lipinski definition) is 2. The van der Waals surface area contributed by atoms with Crippen LogP contribution in [0.15, 0.2) is 11.8 Å². The molecule has 0 aromatic heterocycles. The van der Waals surface area contributed by atoms with E-state index in [-0.39, 0.29) is 5.78 Å². The minimum Gasteiger partial charge on any atom is -0.392 e. The van der Waals surface area contributed by atoms with Crippen LogP contribution in [0.1, 0.15) is 27.2 Å². The maximum atomic E-state index is 11.1. The first-order valence-corrected chi connectivity index (χ1v) is 3.95. The third-order valence-electron chi connectivity index (χ3n) is 1.38. The smallest absolute Gasteiger partial charge is 0.157 e. The summed E-state index contributed by atoms with van der Waals surface area (Å²) in [6.45, 7) is 5.97. The van der Waals surface area contributed by atoms with E-state index in [0.717, 1.165) is 5.70 Å². The lowest BCUT2D eigenvalue weighted by atomic mass is 10.1. The topological polar surface area (TPSA) is 29.1 Å². The van der Waals surface area contributed by atoms with E-state index in [9.17, 15) is 4.79 Å². The van der Waals surface area contributed by atoms with E-state index < -0.39 is 0 Å². The molecule has 0 bridgehead atoms. The van der Waals surface area contributed by atoms with Crippen molar-refractivity contribution in [1.29, 1.82) is 0 Å². The minimum atomic E-state index is 0.201. The molecule has 0 unspecified atom stereocenters. The number of carbonyl (C=O) groups excluding carboxylic acids is 1. The van der Waals surface area contributed by atoms with Crippen LogP contribution in [0.3, 0.4) is 0 Å². The van der Waals surface area contributed by atoms with Crippen LogP contribution in [0.4, 0.5) is 0 Å². The van der Waals surface area contributed by atoms with E-state index in [1.54, 1.807) is 6.08 Å². The van der Waals surface area contributed by atoms with E-state index in [2.05, 4.69) is 5.32 Å². The Bertz CT molecular complexity index is 159. The molecule has 1 N–H and O–H groups in total. The lowest BCUT2D eigenvalue weighted by Gasteiger charge is -2.01. The zero-order valence-corrected chi connectivity index (χ0v) is 7.77. The number of hydrogen-bond donors (Lipinski definition) is 1. The maximum Gasteiger partial charge on any atom is 0.157 e. The Morgan fingerprint density at radius 2 is 2.09 bits per heavy atom. The molecule has 0 saturated carbocycles. The van der Waals surface area contributed by atoms with Gasteiger partial charge in [-0.2, -0.15) is 0 Å². The molecule has 0 spiro atoms. The molecule has 0 aromatic rings. The molecule has 0 fully saturated rings. The summed E-state index contributed by atoms with van der Waals surface area (Å²) in [5.41, 5.74) is 0.927. The molecule has 0 radical (unpaired) electrons. The van der Waals surface area contributed by atoms with Crippen LogP contribution in [-0.2, 0) is 4.79 Å². The summed E-state index contributed by atoms with van der Waals surface area (Å²) in [6, 6.07) is 0. The normalized spacial score (nSPS) is 11.9. The second kappa shape index (κ2) is 4.94. The van der Waals surface area contributed by atoms with E-state index in [1.807, 2.05) is 27.8 Å². The molecule has 0 aliphatic carbocycles. The van der Waals surface area contributed by atoms with Gasteiger partial charge in [0.15, 0.2) is 5.78 Å². The van der Waals surface area contributed by atoms with E-state index in [4.69, 9.17) is 0 Å². The number of rotatable bonds is 4. The van der Waals surface area contributed by atoms with Gasteiger partial charge in [-0.1, -0.05) is 13.8 Å². The molecule has 11 heavy (non-hydrogen) atoms. The zero-order valence-electron chi connectivity index (χ0n) is 7.77. The van der Waals surface area contributed by atoms with Crippen molar-refractivity contribution >= 4 is 5.78 Å².